The van der Waals surface area contributed by atoms with Gasteiger partial charge in [-0.1, -0.05) is 11.8 Å². The summed E-state index contributed by atoms with van der Waals surface area (Å²) in [5, 5.41) is 3.82. The first-order valence-corrected chi connectivity index (χ1v) is 8.27. The number of ether oxygens (including phenoxy) is 1. The second kappa shape index (κ2) is 6.58. The number of thioether (sulfide) groups is 1. The lowest BCUT2D eigenvalue weighted by Gasteiger charge is -2.16. The van der Waals surface area contributed by atoms with Crippen LogP contribution in [-0.4, -0.2) is 53.6 Å². The summed E-state index contributed by atoms with van der Waals surface area (Å²) in [6.07, 6.45) is 5.11. The highest BCUT2D eigenvalue weighted by Gasteiger charge is 2.19. The normalized spacial score (nSPS) is 22.4. The number of anilines is 2. The van der Waals surface area contributed by atoms with Crippen LogP contribution < -0.4 is 10.2 Å². The Morgan fingerprint density at radius 3 is 2.80 bits per heavy atom. The molecule has 6 nitrogen and oxygen atoms in total. The minimum Gasteiger partial charge on any atom is -0.377 e. The van der Waals surface area contributed by atoms with Crippen LogP contribution in [0, 0.1) is 0 Å². The van der Waals surface area contributed by atoms with Crippen LogP contribution >= 0.6 is 11.8 Å². The SMILES string of the molecule is CNc1nc(SCC2CCCO2)nc(N2CCCC2)n1. The maximum atomic E-state index is 5.64. The standard InChI is InChI=1S/C13H21N5OS/c1-14-11-15-12(18-6-2-3-7-18)17-13(16-11)20-9-10-5-4-8-19-10/h10H,2-9H2,1H3,(H,14,15,16,17). The molecule has 2 aliphatic rings. The van der Waals surface area contributed by atoms with Gasteiger partial charge in [0.1, 0.15) is 0 Å². The fourth-order valence-corrected chi connectivity index (χ4v) is 3.42. The molecule has 1 unspecified atom stereocenters. The van der Waals surface area contributed by atoms with E-state index in [1.54, 1.807) is 11.8 Å². The molecule has 0 radical (unpaired) electrons. The van der Waals surface area contributed by atoms with E-state index in [2.05, 4.69) is 25.2 Å². The Labute approximate surface area is 123 Å². The largest absolute Gasteiger partial charge is 0.377 e. The lowest BCUT2D eigenvalue weighted by Crippen LogP contribution is -2.21. The van der Waals surface area contributed by atoms with Crippen molar-refractivity contribution < 1.29 is 4.74 Å². The third kappa shape index (κ3) is 3.32. The summed E-state index contributed by atoms with van der Waals surface area (Å²) in [6, 6.07) is 0. The Morgan fingerprint density at radius 2 is 2.10 bits per heavy atom. The Bertz CT molecular complexity index is 446. The number of aromatic nitrogens is 3. The van der Waals surface area contributed by atoms with Crippen molar-refractivity contribution in [3.8, 4) is 0 Å². The molecule has 0 amide bonds. The van der Waals surface area contributed by atoms with Gasteiger partial charge in [-0.2, -0.15) is 15.0 Å². The van der Waals surface area contributed by atoms with E-state index in [4.69, 9.17) is 4.74 Å². The van der Waals surface area contributed by atoms with E-state index < -0.39 is 0 Å². The van der Waals surface area contributed by atoms with E-state index in [1.165, 1.54) is 19.3 Å². The molecule has 0 saturated carbocycles. The molecular weight excluding hydrogens is 274 g/mol. The monoisotopic (exact) mass is 295 g/mol. The van der Waals surface area contributed by atoms with Crippen LogP contribution in [0.5, 0.6) is 0 Å². The van der Waals surface area contributed by atoms with Crippen molar-refractivity contribution in [2.24, 2.45) is 0 Å². The molecule has 1 atom stereocenters. The number of nitrogens with zero attached hydrogens (tertiary/aromatic N) is 4. The second-order valence-electron chi connectivity index (χ2n) is 5.13. The predicted molar refractivity (Wildman–Crippen MR) is 80.5 cm³/mol. The van der Waals surface area contributed by atoms with Gasteiger partial charge in [0.25, 0.3) is 0 Å². The van der Waals surface area contributed by atoms with Crippen molar-refractivity contribution >= 4 is 23.7 Å². The maximum Gasteiger partial charge on any atom is 0.231 e. The zero-order chi connectivity index (χ0) is 13.8. The number of nitrogens with one attached hydrogen (secondary N) is 1. The summed E-state index contributed by atoms with van der Waals surface area (Å²) in [7, 11) is 1.84. The molecule has 3 heterocycles. The quantitative estimate of drug-likeness (QED) is 0.831. The lowest BCUT2D eigenvalue weighted by molar-refractivity contribution is 0.129. The van der Waals surface area contributed by atoms with Gasteiger partial charge in [0.2, 0.25) is 11.9 Å². The van der Waals surface area contributed by atoms with Crippen LogP contribution in [0.3, 0.4) is 0 Å². The molecule has 0 aliphatic carbocycles. The average Bonchev–Trinajstić information content (AvgIpc) is 3.17. The first-order valence-electron chi connectivity index (χ1n) is 7.28. The molecule has 3 rings (SSSR count). The van der Waals surface area contributed by atoms with Gasteiger partial charge in [0.05, 0.1) is 6.10 Å². The smallest absolute Gasteiger partial charge is 0.231 e. The highest BCUT2D eigenvalue weighted by Crippen LogP contribution is 2.24. The minimum absolute atomic E-state index is 0.352. The van der Waals surface area contributed by atoms with E-state index in [0.717, 1.165) is 43.0 Å². The Balaban J connectivity index is 1.69. The van der Waals surface area contributed by atoms with Crippen molar-refractivity contribution in [2.45, 2.75) is 36.9 Å². The summed E-state index contributed by atoms with van der Waals surface area (Å²) in [5.41, 5.74) is 0. The van der Waals surface area contributed by atoms with Crippen LogP contribution in [-0.2, 0) is 4.74 Å². The van der Waals surface area contributed by atoms with Crippen molar-refractivity contribution in [1.82, 2.24) is 15.0 Å². The number of hydrogen-bond donors (Lipinski definition) is 1. The van der Waals surface area contributed by atoms with Crippen molar-refractivity contribution in [3.63, 3.8) is 0 Å². The van der Waals surface area contributed by atoms with Crippen LogP contribution in [0.4, 0.5) is 11.9 Å². The van der Waals surface area contributed by atoms with Crippen molar-refractivity contribution in [2.75, 3.05) is 42.7 Å². The summed E-state index contributed by atoms with van der Waals surface area (Å²) in [6.45, 7) is 2.98. The Morgan fingerprint density at radius 1 is 1.25 bits per heavy atom. The Kier molecular flexibility index (Phi) is 4.57. The molecule has 2 saturated heterocycles. The highest BCUT2D eigenvalue weighted by atomic mass is 32.2. The van der Waals surface area contributed by atoms with Gasteiger partial charge in [0.15, 0.2) is 5.16 Å². The van der Waals surface area contributed by atoms with E-state index in [9.17, 15) is 0 Å². The Hall–Kier alpha value is -1.08. The van der Waals surface area contributed by atoms with E-state index in [-0.39, 0.29) is 0 Å². The van der Waals surface area contributed by atoms with E-state index in [0.29, 0.717) is 12.1 Å². The molecule has 1 aromatic heterocycles. The van der Waals surface area contributed by atoms with Gasteiger partial charge < -0.3 is 15.0 Å². The minimum atomic E-state index is 0.352. The molecule has 0 bridgehead atoms. The molecule has 1 N–H and O–H groups in total. The third-order valence-corrected chi connectivity index (χ3v) is 4.62. The zero-order valence-corrected chi connectivity index (χ0v) is 12.7. The molecule has 2 aliphatic heterocycles. The summed E-state index contributed by atoms with van der Waals surface area (Å²) >= 11 is 1.67. The summed E-state index contributed by atoms with van der Waals surface area (Å²) in [4.78, 5) is 15.7. The van der Waals surface area contributed by atoms with Crippen molar-refractivity contribution in [3.05, 3.63) is 0 Å². The molecule has 2 fully saturated rings. The summed E-state index contributed by atoms with van der Waals surface area (Å²) in [5.74, 6) is 2.38. The van der Waals surface area contributed by atoms with Crippen LogP contribution in [0.25, 0.3) is 0 Å². The molecule has 110 valence electrons. The first kappa shape index (κ1) is 13.9. The molecule has 20 heavy (non-hydrogen) atoms. The van der Waals surface area contributed by atoms with Crippen molar-refractivity contribution in [1.29, 1.82) is 0 Å². The van der Waals surface area contributed by atoms with Gasteiger partial charge >= 0.3 is 0 Å². The third-order valence-electron chi connectivity index (χ3n) is 3.64. The van der Waals surface area contributed by atoms with E-state index in [1.807, 2.05) is 7.05 Å². The summed E-state index contributed by atoms with van der Waals surface area (Å²) < 4.78 is 5.64. The lowest BCUT2D eigenvalue weighted by atomic mass is 10.3. The fourth-order valence-electron chi connectivity index (χ4n) is 2.52. The number of hydrogen-bond acceptors (Lipinski definition) is 7. The van der Waals surface area contributed by atoms with Gasteiger partial charge in [-0.3, -0.25) is 0 Å². The molecule has 0 aromatic carbocycles. The van der Waals surface area contributed by atoms with Crippen LogP contribution in [0.15, 0.2) is 5.16 Å². The van der Waals surface area contributed by atoms with Crippen LogP contribution in [0.1, 0.15) is 25.7 Å². The average molecular weight is 295 g/mol. The highest BCUT2D eigenvalue weighted by molar-refractivity contribution is 7.99. The molecule has 1 aromatic rings. The van der Waals surface area contributed by atoms with Crippen LogP contribution in [0.2, 0.25) is 0 Å². The number of rotatable bonds is 5. The predicted octanol–water partition coefficient (Wildman–Crippen LogP) is 1.78. The maximum absolute atomic E-state index is 5.64. The van der Waals surface area contributed by atoms with Gasteiger partial charge in [-0.05, 0) is 25.7 Å². The van der Waals surface area contributed by atoms with Gasteiger partial charge in [-0.15, -0.1) is 0 Å². The van der Waals surface area contributed by atoms with Gasteiger partial charge in [0, 0.05) is 32.5 Å². The molecule has 7 heteroatoms. The van der Waals surface area contributed by atoms with E-state index >= 15 is 0 Å². The molecule has 0 spiro atoms. The second-order valence-corrected chi connectivity index (χ2v) is 6.12. The first-order chi connectivity index (χ1) is 9.85. The fraction of sp³-hybridized carbons (Fsp3) is 0.769. The van der Waals surface area contributed by atoms with Gasteiger partial charge in [-0.25, -0.2) is 0 Å². The zero-order valence-electron chi connectivity index (χ0n) is 11.8. The molecular formula is C13H21N5OS. The topological polar surface area (TPSA) is 63.2 Å².